The Hall–Kier alpha value is -3.31. The van der Waals surface area contributed by atoms with Gasteiger partial charge in [-0.15, -0.1) is 19.6 Å². The van der Waals surface area contributed by atoms with Gasteiger partial charge in [0, 0.05) is 0 Å². The van der Waals surface area contributed by atoms with Gasteiger partial charge in [0.15, 0.2) is 23.6 Å². The zero-order valence-corrected chi connectivity index (χ0v) is 12.6. The summed E-state index contributed by atoms with van der Waals surface area (Å²) in [5, 5.41) is 15.6. The molecule has 12 nitrogen and oxygen atoms in total. The van der Waals surface area contributed by atoms with Gasteiger partial charge in [0.1, 0.15) is 17.2 Å². The second-order valence-corrected chi connectivity index (χ2v) is 5.60. The van der Waals surface area contributed by atoms with E-state index in [0.29, 0.717) is 28.8 Å². The summed E-state index contributed by atoms with van der Waals surface area (Å²) in [6.45, 7) is 3.92. The van der Waals surface area contributed by atoms with Gasteiger partial charge in [0.05, 0.1) is 0 Å². The molecule has 0 fully saturated rings. The summed E-state index contributed by atoms with van der Waals surface area (Å²) in [6.07, 6.45) is 0.805. The third kappa shape index (κ3) is 1.32. The summed E-state index contributed by atoms with van der Waals surface area (Å²) in [6, 6.07) is 0. The van der Waals surface area contributed by atoms with E-state index in [4.69, 9.17) is 11.5 Å². The molecule has 3 aromatic rings. The molecular formula is C11H16N12. The topological polar surface area (TPSA) is 146 Å². The van der Waals surface area contributed by atoms with Crippen molar-refractivity contribution < 1.29 is 0 Å². The molecule has 5 rings (SSSR count). The van der Waals surface area contributed by atoms with E-state index < -0.39 is 0 Å². The van der Waals surface area contributed by atoms with Gasteiger partial charge in [-0.25, -0.2) is 9.99 Å². The van der Waals surface area contributed by atoms with Crippen molar-refractivity contribution in [2.24, 2.45) is 0 Å². The van der Waals surface area contributed by atoms with Crippen LogP contribution in [0.5, 0.6) is 0 Å². The van der Waals surface area contributed by atoms with Crippen LogP contribution in [0, 0.1) is 6.92 Å². The molecule has 0 amide bonds. The number of aromatic nitrogens is 6. The first-order valence-corrected chi connectivity index (χ1v) is 7.30. The molecule has 12 heteroatoms. The van der Waals surface area contributed by atoms with E-state index >= 15 is 0 Å². The van der Waals surface area contributed by atoms with Crippen LogP contribution in [-0.2, 0) is 0 Å². The third-order valence-electron chi connectivity index (χ3n) is 4.15. The second-order valence-electron chi connectivity index (χ2n) is 5.60. The van der Waals surface area contributed by atoms with Gasteiger partial charge in [-0.2, -0.15) is 5.12 Å². The van der Waals surface area contributed by atoms with Crippen LogP contribution >= 0.6 is 0 Å². The fourth-order valence-electron chi connectivity index (χ4n) is 3.13. The van der Waals surface area contributed by atoms with Crippen molar-refractivity contribution in [2.75, 3.05) is 32.4 Å². The molecule has 0 aliphatic carbocycles. The number of aromatic amines is 1. The van der Waals surface area contributed by atoms with Gasteiger partial charge in [-0.1, -0.05) is 6.92 Å². The Bertz CT molecular complexity index is 931. The maximum atomic E-state index is 6.10. The van der Waals surface area contributed by atoms with E-state index in [9.17, 15) is 0 Å². The predicted octanol–water partition coefficient (Wildman–Crippen LogP) is -0.412. The van der Waals surface area contributed by atoms with Crippen LogP contribution in [0.25, 0.3) is 5.65 Å². The third-order valence-corrected chi connectivity index (χ3v) is 4.15. The molecule has 0 spiro atoms. The normalized spacial score (nSPS) is 18.6. The van der Waals surface area contributed by atoms with Gasteiger partial charge in [-0.3, -0.25) is 16.0 Å². The van der Waals surface area contributed by atoms with Crippen LogP contribution in [0.15, 0.2) is 0 Å². The van der Waals surface area contributed by atoms with Gasteiger partial charge in [0.2, 0.25) is 5.65 Å². The summed E-state index contributed by atoms with van der Waals surface area (Å²) in [7, 11) is 0. The maximum Gasteiger partial charge on any atom is 0.203 e. The van der Waals surface area contributed by atoms with E-state index in [0.717, 1.165) is 17.9 Å². The molecule has 1 unspecified atom stereocenters. The first kappa shape index (κ1) is 12.3. The van der Waals surface area contributed by atoms with Crippen molar-refractivity contribution in [3.8, 4) is 0 Å². The quantitative estimate of drug-likeness (QED) is 0.404. The molecule has 0 saturated carbocycles. The van der Waals surface area contributed by atoms with Crippen molar-refractivity contribution in [3.63, 3.8) is 0 Å². The molecular weight excluding hydrogens is 300 g/mol. The number of anilines is 5. The summed E-state index contributed by atoms with van der Waals surface area (Å²) >= 11 is 0. The summed E-state index contributed by atoms with van der Waals surface area (Å²) in [5.41, 5.74) is 20.6. The number of nitrogens with zero attached hydrogens (tertiary/aromatic N) is 7. The van der Waals surface area contributed by atoms with Crippen LogP contribution in [0.2, 0.25) is 0 Å². The molecule has 0 saturated heterocycles. The number of fused-ring (bicyclic) bond motifs is 8. The predicted molar refractivity (Wildman–Crippen MR) is 85.1 cm³/mol. The van der Waals surface area contributed by atoms with Crippen molar-refractivity contribution in [2.45, 2.75) is 26.4 Å². The van der Waals surface area contributed by atoms with Gasteiger partial charge in [-0.05, 0) is 13.3 Å². The van der Waals surface area contributed by atoms with Crippen LogP contribution in [0.3, 0.4) is 0 Å². The Morgan fingerprint density at radius 1 is 1.22 bits per heavy atom. The summed E-state index contributed by atoms with van der Waals surface area (Å²) in [4.78, 5) is 6.10. The van der Waals surface area contributed by atoms with E-state index in [1.807, 2.05) is 17.1 Å². The lowest BCUT2D eigenvalue weighted by Gasteiger charge is -2.27. The number of hydrogen-bond donors (Lipinski definition) is 5. The molecule has 0 aromatic carbocycles. The SMILES string of the molecule is CCC1N2Nc3c([nH]n4nc(C)nc34)NN1n1nc(N)c(N)c12. The molecule has 23 heavy (non-hydrogen) atoms. The average molecular weight is 316 g/mol. The first-order valence-electron chi connectivity index (χ1n) is 7.30. The van der Waals surface area contributed by atoms with E-state index in [2.05, 4.69) is 38.1 Å². The molecule has 3 aromatic heterocycles. The zero-order chi connectivity index (χ0) is 15.9. The Labute approximate surface area is 129 Å². The Kier molecular flexibility index (Phi) is 1.98. The summed E-state index contributed by atoms with van der Waals surface area (Å²) in [5.74, 6) is 2.41. The standard InChI is InChI=1S/C11H16N12/c1-3-5-20-11-6(12)8(13)17-23(11)22(5)19-9-7(16-20)10-14-4(2)15-21(10)18-9/h5,16,18-19H,3,12H2,1-2H3,(H2,13,17). The number of nitrogen functional groups attached to an aromatic ring is 2. The Morgan fingerprint density at radius 2 is 2.04 bits per heavy atom. The Morgan fingerprint density at radius 3 is 2.83 bits per heavy atom. The minimum Gasteiger partial charge on any atom is -0.393 e. The highest BCUT2D eigenvalue weighted by atomic mass is 15.9. The fourth-order valence-corrected chi connectivity index (χ4v) is 3.13. The highest BCUT2D eigenvalue weighted by Gasteiger charge is 2.43. The highest BCUT2D eigenvalue weighted by molar-refractivity contribution is 5.87. The minimum atomic E-state index is -0.0229. The van der Waals surface area contributed by atoms with Gasteiger partial charge < -0.3 is 11.5 Å². The molecule has 2 bridgehead atoms. The number of H-pyrrole nitrogens is 1. The van der Waals surface area contributed by atoms with Gasteiger partial charge in [0.25, 0.3) is 0 Å². The van der Waals surface area contributed by atoms with Crippen LogP contribution < -0.4 is 32.4 Å². The molecule has 120 valence electrons. The molecule has 2 aliphatic rings. The Balaban J connectivity index is 1.72. The van der Waals surface area contributed by atoms with Gasteiger partial charge >= 0.3 is 0 Å². The smallest absolute Gasteiger partial charge is 0.203 e. The minimum absolute atomic E-state index is 0.0229. The number of hydrazine groups is 2. The maximum absolute atomic E-state index is 6.10. The van der Waals surface area contributed by atoms with E-state index in [1.54, 1.807) is 9.42 Å². The number of rotatable bonds is 1. The van der Waals surface area contributed by atoms with Crippen molar-refractivity contribution >= 4 is 34.5 Å². The molecule has 5 heterocycles. The van der Waals surface area contributed by atoms with Crippen LogP contribution in [0.1, 0.15) is 19.2 Å². The van der Waals surface area contributed by atoms with Crippen LogP contribution in [-0.4, -0.2) is 35.9 Å². The fraction of sp³-hybridized carbons (Fsp3) is 0.364. The molecule has 1 atom stereocenters. The number of hydrogen-bond acceptors (Lipinski definition) is 9. The van der Waals surface area contributed by atoms with Crippen molar-refractivity contribution in [3.05, 3.63) is 5.82 Å². The average Bonchev–Trinajstić information content (AvgIpc) is 3.14. The molecule has 7 N–H and O–H groups in total. The lowest BCUT2D eigenvalue weighted by Crippen LogP contribution is -2.49. The van der Waals surface area contributed by atoms with Crippen molar-refractivity contribution in [1.82, 2.24) is 29.7 Å². The monoisotopic (exact) mass is 316 g/mol. The highest BCUT2D eigenvalue weighted by Crippen LogP contribution is 2.41. The molecule has 0 radical (unpaired) electrons. The van der Waals surface area contributed by atoms with E-state index in [-0.39, 0.29) is 6.17 Å². The summed E-state index contributed by atoms with van der Waals surface area (Å²) < 4.78 is 1.62. The number of nitrogens with one attached hydrogen (secondary N) is 3. The number of aryl methyl sites for hydroxylation is 1. The van der Waals surface area contributed by atoms with E-state index in [1.165, 1.54) is 0 Å². The lowest BCUT2D eigenvalue weighted by molar-refractivity contribution is 0.524. The zero-order valence-electron chi connectivity index (χ0n) is 12.6. The lowest BCUT2D eigenvalue weighted by atomic mass is 10.3. The van der Waals surface area contributed by atoms with Crippen LogP contribution in [0.4, 0.5) is 28.8 Å². The second kappa shape index (κ2) is 3.71. The number of nitrogens with two attached hydrogens (primary N) is 2. The van der Waals surface area contributed by atoms with Crippen molar-refractivity contribution in [1.29, 1.82) is 0 Å². The largest absolute Gasteiger partial charge is 0.393 e. The first-order chi connectivity index (χ1) is 11.1. The molecule has 2 aliphatic heterocycles.